The highest BCUT2D eigenvalue weighted by Gasteiger charge is 2.21. The van der Waals surface area contributed by atoms with Gasteiger partial charge in [0.25, 0.3) is 0 Å². The maximum Gasteiger partial charge on any atom is 0.0991 e. The van der Waals surface area contributed by atoms with E-state index in [4.69, 9.17) is 5.26 Å². The van der Waals surface area contributed by atoms with Crippen LogP contribution in [0.3, 0.4) is 0 Å². The fourth-order valence-corrected chi connectivity index (χ4v) is 3.02. The lowest BCUT2D eigenvalue weighted by Gasteiger charge is -2.28. The summed E-state index contributed by atoms with van der Waals surface area (Å²) in [4.78, 5) is 0. The molecule has 0 aliphatic heterocycles. The highest BCUT2D eigenvalue weighted by atomic mass is 14.3. The first-order valence-corrected chi connectivity index (χ1v) is 7.48. The molecule has 0 spiro atoms. The molecule has 1 heteroatoms. The normalized spacial score (nSPS) is 23.4. The Bertz CT molecular complexity index is 442. The Hall–Kier alpha value is -1.55. The molecule has 0 heterocycles. The van der Waals surface area contributed by atoms with E-state index in [1.54, 1.807) is 0 Å². The molecule has 0 unspecified atom stereocenters. The van der Waals surface area contributed by atoms with Crippen molar-refractivity contribution < 1.29 is 0 Å². The van der Waals surface area contributed by atoms with Crippen LogP contribution in [-0.2, 0) is 0 Å². The summed E-state index contributed by atoms with van der Waals surface area (Å²) in [7, 11) is 0. The molecule has 0 N–H and O–H groups in total. The second-order valence-electron chi connectivity index (χ2n) is 5.57. The summed E-state index contributed by atoms with van der Waals surface area (Å²) < 4.78 is 0. The van der Waals surface area contributed by atoms with Crippen LogP contribution in [0.25, 0.3) is 0 Å². The summed E-state index contributed by atoms with van der Waals surface area (Å²) in [5.41, 5.74) is 2.18. The fourth-order valence-electron chi connectivity index (χ4n) is 3.02. The lowest BCUT2D eigenvalue weighted by Crippen LogP contribution is -2.12. The molecule has 19 heavy (non-hydrogen) atoms. The van der Waals surface area contributed by atoms with Crippen LogP contribution in [0.1, 0.15) is 62.5 Å². The van der Waals surface area contributed by atoms with E-state index < -0.39 is 0 Å². The molecule has 0 amide bonds. The van der Waals surface area contributed by atoms with E-state index in [2.05, 4.69) is 37.3 Å². The zero-order chi connectivity index (χ0) is 13.5. The van der Waals surface area contributed by atoms with Gasteiger partial charge in [-0.05, 0) is 68.1 Å². The minimum atomic E-state index is 0.708. The first-order valence-electron chi connectivity index (χ1n) is 7.48. The van der Waals surface area contributed by atoms with E-state index in [-0.39, 0.29) is 0 Å². The van der Waals surface area contributed by atoms with Gasteiger partial charge in [-0.25, -0.2) is 0 Å². The number of nitriles is 1. The molecule has 0 bridgehead atoms. The van der Waals surface area contributed by atoms with Gasteiger partial charge in [0.1, 0.15) is 0 Å². The number of nitrogens with zero attached hydrogens (tertiary/aromatic N) is 1. The largest absolute Gasteiger partial charge is 0.192 e. The van der Waals surface area contributed by atoms with Gasteiger partial charge in [-0.1, -0.05) is 31.2 Å². The standard InChI is InChI=1S/C18H23N/c1-2-3-4-5-15-6-10-17(11-7-15)18-12-8-16(14-19)9-13-18/h3-4,8-9,12-13,15,17H,2,5-7,10-11H2,1H3/b4-3+. The number of benzene rings is 1. The van der Waals surface area contributed by atoms with E-state index >= 15 is 0 Å². The molecule has 0 saturated heterocycles. The number of hydrogen-bond donors (Lipinski definition) is 0. The van der Waals surface area contributed by atoms with Crippen molar-refractivity contribution in [1.29, 1.82) is 5.26 Å². The molecule has 1 fully saturated rings. The van der Waals surface area contributed by atoms with E-state index in [9.17, 15) is 0 Å². The van der Waals surface area contributed by atoms with Gasteiger partial charge in [0.15, 0.2) is 0 Å². The Labute approximate surface area is 117 Å². The second-order valence-corrected chi connectivity index (χ2v) is 5.57. The number of rotatable bonds is 4. The SMILES string of the molecule is CC/C=C/CC1CCC(c2ccc(C#N)cc2)CC1. The first kappa shape index (κ1) is 13.9. The number of hydrogen-bond acceptors (Lipinski definition) is 1. The third kappa shape index (κ3) is 3.96. The highest BCUT2D eigenvalue weighted by Crippen LogP contribution is 2.37. The molecule has 1 nitrogen and oxygen atoms in total. The van der Waals surface area contributed by atoms with E-state index in [0.29, 0.717) is 5.92 Å². The van der Waals surface area contributed by atoms with Crippen molar-refractivity contribution in [1.82, 2.24) is 0 Å². The molecular formula is C18H23N. The minimum Gasteiger partial charge on any atom is -0.192 e. The Morgan fingerprint density at radius 2 is 1.79 bits per heavy atom. The summed E-state index contributed by atoms with van der Waals surface area (Å²) in [5.74, 6) is 1.59. The second kappa shape index (κ2) is 7.14. The summed E-state index contributed by atoms with van der Waals surface area (Å²) in [6.07, 6.45) is 12.3. The third-order valence-electron chi connectivity index (χ3n) is 4.23. The molecule has 0 radical (unpaired) electrons. The van der Waals surface area contributed by atoms with Crippen LogP contribution in [0, 0.1) is 17.2 Å². The molecule has 1 saturated carbocycles. The zero-order valence-electron chi connectivity index (χ0n) is 11.8. The van der Waals surface area contributed by atoms with Crippen LogP contribution in [-0.4, -0.2) is 0 Å². The van der Waals surface area contributed by atoms with Gasteiger partial charge in [-0.2, -0.15) is 5.26 Å². The summed E-state index contributed by atoms with van der Waals surface area (Å²) in [6.45, 7) is 2.19. The van der Waals surface area contributed by atoms with Crippen LogP contribution in [0.5, 0.6) is 0 Å². The van der Waals surface area contributed by atoms with Gasteiger partial charge in [0, 0.05) is 0 Å². The van der Waals surface area contributed by atoms with Crippen LogP contribution in [0.2, 0.25) is 0 Å². The van der Waals surface area contributed by atoms with Gasteiger partial charge < -0.3 is 0 Å². The lowest BCUT2D eigenvalue weighted by molar-refractivity contribution is 0.328. The molecular weight excluding hydrogens is 230 g/mol. The maximum atomic E-state index is 8.82. The summed E-state index contributed by atoms with van der Waals surface area (Å²) >= 11 is 0. The molecule has 100 valence electrons. The Morgan fingerprint density at radius 3 is 2.37 bits per heavy atom. The molecule has 1 aliphatic carbocycles. The van der Waals surface area contributed by atoms with Crippen LogP contribution in [0.15, 0.2) is 36.4 Å². The van der Waals surface area contributed by atoms with Gasteiger partial charge in [0.05, 0.1) is 11.6 Å². The molecule has 1 aromatic rings. The summed E-state index contributed by atoms with van der Waals surface area (Å²) in [6, 6.07) is 10.4. The quantitative estimate of drug-likeness (QED) is 0.677. The van der Waals surface area contributed by atoms with Crippen LogP contribution in [0.4, 0.5) is 0 Å². The Kier molecular flexibility index (Phi) is 5.21. The Morgan fingerprint density at radius 1 is 1.11 bits per heavy atom. The lowest BCUT2D eigenvalue weighted by atomic mass is 9.77. The summed E-state index contributed by atoms with van der Waals surface area (Å²) in [5, 5.41) is 8.82. The number of allylic oxidation sites excluding steroid dienone is 2. The third-order valence-corrected chi connectivity index (χ3v) is 4.23. The fraction of sp³-hybridized carbons (Fsp3) is 0.500. The van der Waals surface area contributed by atoms with Crippen molar-refractivity contribution in [3.05, 3.63) is 47.5 Å². The predicted molar refractivity (Wildman–Crippen MR) is 79.9 cm³/mol. The smallest absolute Gasteiger partial charge is 0.0991 e. The minimum absolute atomic E-state index is 0.708. The average molecular weight is 253 g/mol. The van der Waals surface area contributed by atoms with E-state index in [0.717, 1.165) is 17.9 Å². The van der Waals surface area contributed by atoms with Gasteiger partial charge in [-0.3, -0.25) is 0 Å². The monoisotopic (exact) mass is 253 g/mol. The predicted octanol–water partition coefficient (Wildman–Crippen LogP) is 5.19. The van der Waals surface area contributed by atoms with Crippen molar-refractivity contribution >= 4 is 0 Å². The van der Waals surface area contributed by atoms with Crippen molar-refractivity contribution in [2.75, 3.05) is 0 Å². The zero-order valence-corrected chi connectivity index (χ0v) is 11.8. The van der Waals surface area contributed by atoms with Crippen molar-refractivity contribution in [3.8, 4) is 6.07 Å². The molecule has 1 aliphatic rings. The van der Waals surface area contributed by atoms with Crippen LogP contribution < -0.4 is 0 Å². The van der Waals surface area contributed by atoms with Gasteiger partial charge >= 0.3 is 0 Å². The van der Waals surface area contributed by atoms with Crippen molar-refractivity contribution in [2.24, 2.45) is 5.92 Å². The maximum absolute atomic E-state index is 8.82. The van der Waals surface area contributed by atoms with Crippen LogP contribution >= 0.6 is 0 Å². The van der Waals surface area contributed by atoms with Crippen molar-refractivity contribution in [2.45, 2.75) is 51.4 Å². The first-order chi connectivity index (χ1) is 9.33. The van der Waals surface area contributed by atoms with Gasteiger partial charge in [0.2, 0.25) is 0 Å². The molecule has 1 aromatic carbocycles. The van der Waals surface area contributed by atoms with Crippen molar-refractivity contribution in [3.63, 3.8) is 0 Å². The van der Waals surface area contributed by atoms with E-state index in [1.807, 2.05) is 12.1 Å². The average Bonchev–Trinajstić information content (AvgIpc) is 2.48. The highest BCUT2D eigenvalue weighted by molar-refractivity contribution is 5.33. The van der Waals surface area contributed by atoms with Gasteiger partial charge in [-0.15, -0.1) is 0 Å². The molecule has 2 rings (SSSR count). The molecule has 0 aromatic heterocycles. The molecule has 0 atom stereocenters. The Balaban J connectivity index is 1.85. The topological polar surface area (TPSA) is 23.8 Å². The van der Waals surface area contributed by atoms with E-state index in [1.165, 1.54) is 37.7 Å².